The fourth-order valence-corrected chi connectivity index (χ4v) is 3.91. The summed E-state index contributed by atoms with van der Waals surface area (Å²) in [5, 5.41) is 5.03. The van der Waals surface area contributed by atoms with Crippen molar-refractivity contribution < 1.29 is 14.3 Å². The van der Waals surface area contributed by atoms with Crippen LogP contribution in [0.3, 0.4) is 0 Å². The summed E-state index contributed by atoms with van der Waals surface area (Å²) < 4.78 is 5.22. The number of ether oxygens (including phenoxy) is 1. The van der Waals surface area contributed by atoms with Crippen molar-refractivity contribution in [1.82, 2.24) is 10.2 Å². The van der Waals surface area contributed by atoms with E-state index in [0.29, 0.717) is 25.8 Å². The van der Waals surface area contributed by atoms with Gasteiger partial charge in [-0.25, -0.2) is 0 Å². The number of methoxy groups -OCH3 is 1. The van der Waals surface area contributed by atoms with Gasteiger partial charge in [0.2, 0.25) is 11.8 Å². The minimum atomic E-state index is -0.507. The predicted molar refractivity (Wildman–Crippen MR) is 124 cm³/mol. The van der Waals surface area contributed by atoms with Crippen molar-refractivity contribution in [3.63, 3.8) is 0 Å². The third kappa shape index (κ3) is 5.43. The molecular weight excluding hydrogens is 388 g/mol. The van der Waals surface area contributed by atoms with Gasteiger partial charge in [-0.05, 0) is 46.9 Å². The van der Waals surface area contributed by atoms with Crippen LogP contribution in [0.1, 0.15) is 30.9 Å². The van der Waals surface area contributed by atoms with Crippen molar-refractivity contribution in [2.75, 3.05) is 14.2 Å². The van der Waals surface area contributed by atoms with Gasteiger partial charge in [-0.2, -0.15) is 0 Å². The number of hydrogen-bond acceptors (Lipinski definition) is 3. The predicted octanol–water partition coefficient (Wildman–Crippen LogP) is 4.33. The van der Waals surface area contributed by atoms with Crippen LogP contribution in [0, 0.1) is 0 Å². The Hall–Kier alpha value is -3.34. The van der Waals surface area contributed by atoms with Gasteiger partial charge in [-0.15, -0.1) is 0 Å². The highest BCUT2D eigenvalue weighted by Gasteiger charge is 2.27. The number of likely N-dealkylation sites (N-methyl/N-ethyl adjacent to an activating group) is 1. The minimum absolute atomic E-state index is 0.0285. The van der Waals surface area contributed by atoms with E-state index in [1.807, 2.05) is 49.4 Å². The molecule has 1 unspecified atom stereocenters. The van der Waals surface area contributed by atoms with Crippen molar-refractivity contribution in [3.8, 4) is 5.75 Å². The molecule has 0 aliphatic heterocycles. The smallest absolute Gasteiger partial charge is 0.242 e. The van der Waals surface area contributed by atoms with Crippen LogP contribution in [0.15, 0.2) is 66.7 Å². The first-order valence-corrected chi connectivity index (χ1v) is 10.7. The van der Waals surface area contributed by atoms with Crippen LogP contribution in [0.25, 0.3) is 10.8 Å². The first-order valence-electron chi connectivity index (χ1n) is 10.7. The Labute approximate surface area is 184 Å². The number of carbonyl (C=O) groups excluding carboxylic acids is 2. The maximum Gasteiger partial charge on any atom is 0.242 e. The van der Waals surface area contributed by atoms with Crippen LogP contribution in [0.5, 0.6) is 5.75 Å². The second-order valence-corrected chi connectivity index (χ2v) is 7.55. The molecule has 0 saturated carbocycles. The molecule has 3 aromatic rings. The second kappa shape index (κ2) is 10.6. The van der Waals surface area contributed by atoms with E-state index in [1.54, 1.807) is 19.1 Å². The average molecular weight is 419 g/mol. The molecule has 3 rings (SSSR count). The highest BCUT2D eigenvalue weighted by atomic mass is 16.5. The lowest BCUT2D eigenvalue weighted by Crippen LogP contribution is -2.48. The zero-order chi connectivity index (χ0) is 22.2. The third-order valence-electron chi connectivity index (χ3n) is 5.63. The quantitative estimate of drug-likeness (QED) is 0.563. The van der Waals surface area contributed by atoms with E-state index in [0.717, 1.165) is 22.3 Å². The zero-order valence-electron chi connectivity index (χ0n) is 18.4. The van der Waals surface area contributed by atoms with Gasteiger partial charge in [0.05, 0.1) is 7.11 Å². The summed E-state index contributed by atoms with van der Waals surface area (Å²) in [5.41, 5.74) is 2.10. The highest BCUT2D eigenvalue weighted by molar-refractivity contribution is 5.89. The van der Waals surface area contributed by atoms with Gasteiger partial charge < -0.3 is 15.0 Å². The lowest BCUT2D eigenvalue weighted by atomic mass is 10.00. The molecule has 0 heterocycles. The van der Waals surface area contributed by atoms with Crippen molar-refractivity contribution in [1.29, 1.82) is 0 Å². The fraction of sp³-hybridized carbons (Fsp3) is 0.308. The number of amides is 2. The number of carbonyl (C=O) groups is 2. The van der Waals surface area contributed by atoms with Crippen LogP contribution in [-0.2, 0) is 22.6 Å². The maximum atomic E-state index is 13.3. The Morgan fingerprint density at radius 1 is 1.00 bits per heavy atom. The number of nitrogens with one attached hydrogen (secondary N) is 1. The van der Waals surface area contributed by atoms with E-state index >= 15 is 0 Å². The van der Waals surface area contributed by atoms with E-state index in [1.165, 1.54) is 5.39 Å². The van der Waals surface area contributed by atoms with Crippen LogP contribution >= 0.6 is 0 Å². The summed E-state index contributed by atoms with van der Waals surface area (Å²) in [6.07, 6.45) is 1.52. The second-order valence-electron chi connectivity index (χ2n) is 7.55. The van der Waals surface area contributed by atoms with Gasteiger partial charge in [0.15, 0.2) is 0 Å². The van der Waals surface area contributed by atoms with Crippen molar-refractivity contribution in [2.24, 2.45) is 0 Å². The Morgan fingerprint density at radius 3 is 2.39 bits per heavy atom. The molecule has 0 bridgehead atoms. The molecular formula is C26H30N2O3. The zero-order valence-corrected chi connectivity index (χ0v) is 18.4. The Kier molecular flexibility index (Phi) is 7.65. The topological polar surface area (TPSA) is 58.6 Å². The number of rotatable bonds is 9. The molecule has 1 atom stereocenters. The van der Waals surface area contributed by atoms with Gasteiger partial charge in [-0.3, -0.25) is 9.59 Å². The minimum Gasteiger partial charge on any atom is -0.497 e. The number of benzene rings is 3. The molecule has 31 heavy (non-hydrogen) atoms. The van der Waals surface area contributed by atoms with E-state index < -0.39 is 6.04 Å². The molecule has 1 N–H and O–H groups in total. The van der Waals surface area contributed by atoms with Crippen molar-refractivity contribution >= 4 is 22.6 Å². The Balaban J connectivity index is 1.81. The lowest BCUT2D eigenvalue weighted by molar-refractivity contribution is -0.141. The third-order valence-corrected chi connectivity index (χ3v) is 5.63. The van der Waals surface area contributed by atoms with Crippen LogP contribution in [0.2, 0.25) is 0 Å². The molecule has 0 aromatic heterocycles. The monoisotopic (exact) mass is 418 g/mol. The number of hydrogen-bond donors (Lipinski definition) is 1. The first-order chi connectivity index (χ1) is 15.1. The molecule has 0 aliphatic rings. The Bertz CT molecular complexity index is 1030. The van der Waals surface area contributed by atoms with Gasteiger partial charge in [0, 0.05) is 20.0 Å². The van der Waals surface area contributed by atoms with Crippen LogP contribution < -0.4 is 10.1 Å². The normalized spacial score (nSPS) is 11.7. The highest BCUT2D eigenvalue weighted by Crippen LogP contribution is 2.21. The molecule has 0 fully saturated rings. The standard InChI is InChI=1S/C26H30N2O3/c1-4-24(26(30)27-2)28(18-19-12-15-22(31-3)16-13-19)25(29)17-14-21-10-7-9-20-8-5-6-11-23(20)21/h5-13,15-16,24H,4,14,17-18H2,1-3H3,(H,27,30). The summed E-state index contributed by atoms with van der Waals surface area (Å²) >= 11 is 0. The number of aryl methyl sites for hydroxylation is 1. The number of nitrogens with zero attached hydrogens (tertiary/aromatic N) is 1. The molecule has 0 radical (unpaired) electrons. The maximum absolute atomic E-state index is 13.3. The molecule has 0 aliphatic carbocycles. The molecule has 2 amide bonds. The summed E-state index contributed by atoms with van der Waals surface area (Å²) in [4.78, 5) is 27.5. The van der Waals surface area contributed by atoms with Crippen molar-refractivity contribution in [2.45, 2.75) is 38.8 Å². The van der Waals surface area contributed by atoms with E-state index in [-0.39, 0.29) is 11.8 Å². The molecule has 5 nitrogen and oxygen atoms in total. The van der Waals surface area contributed by atoms with Gasteiger partial charge >= 0.3 is 0 Å². The van der Waals surface area contributed by atoms with Crippen LogP contribution in [0.4, 0.5) is 0 Å². The van der Waals surface area contributed by atoms with Gasteiger partial charge in [-0.1, -0.05) is 61.5 Å². The summed E-state index contributed by atoms with van der Waals surface area (Å²) in [7, 11) is 3.23. The van der Waals surface area contributed by atoms with Gasteiger partial charge in [0.1, 0.15) is 11.8 Å². The molecule has 3 aromatic carbocycles. The summed E-state index contributed by atoms with van der Waals surface area (Å²) in [6, 6.07) is 21.5. The Morgan fingerprint density at radius 2 is 1.71 bits per heavy atom. The molecule has 0 saturated heterocycles. The molecule has 162 valence electrons. The largest absolute Gasteiger partial charge is 0.497 e. The first kappa shape index (κ1) is 22.3. The number of fused-ring (bicyclic) bond motifs is 1. The van der Waals surface area contributed by atoms with Crippen LogP contribution in [-0.4, -0.2) is 36.9 Å². The molecule has 5 heteroatoms. The van der Waals surface area contributed by atoms with E-state index in [2.05, 4.69) is 29.6 Å². The van der Waals surface area contributed by atoms with E-state index in [9.17, 15) is 9.59 Å². The molecule has 0 spiro atoms. The SMILES string of the molecule is CCC(C(=O)NC)N(Cc1ccc(OC)cc1)C(=O)CCc1cccc2ccccc12. The van der Waals surface area contributed by atoms with E-state index in [4.69, 9.17) is 4.74 Å². The fourth-order valence-electron chi connectivity index (χ4n) is 3.91. The summed E-state index contributed by atoms with van der Waals surface area (Å²) in [6.45, 7) is 2.31. The van der Waals surface area contributed by atoms with Gasteiger partial charge in [0.25, 0.3) is 0 Å². The summed E-state index contributed by atoms with van der Waals surface area (Å²) in [5.74, 6) is 0.588. The average Bonchev–Trinajstić information content (AvgIpc) is 2.82. The van der Waals surface area contributed by atoms with Crippen molar-refractivity contribution in [3.05, 3.63) is 77.9 Å². The lowest BCUT2D eigenvalue weighted by Gasteiger charge is -2.30.